The molecule has 0 atom stereocenters. The third-order valence-corrected chi connectivity index (χ3v) is 14.4. The predicted octanol–water partition coefficient (Wildman–Crippen LogP) is 9.51. The highest BCUT2D eigenvalue weighted by atomic mass is 35.6. The van der Waals surface area contributed by atoms with E-state index in [1.54, 1.807) is 0 Å². The summed E-state index contributed by atoms with van der Waals surface area (Å²) in [6.07, 6.45) is 0. The molecule has 0 amide bonds. The van der Waals surface area contributed by atoms with E-state index in [2.05, 4.69) is 74.3 Å². The molecule has 0 aromatic carbocycles. The summed E-state index contributed by atoms with van der Waals surface area (Å²) in [4.78, 5) is 10.2. The lowest BCUT2D eigenvalue weighted by molar-refractivity contribution is -0.151. The fourth-order valence-electron chi connectivity index (χ4n) is 1.23. The zero-order valence-corrected chi connectivity index (χ0v) is 26.5. The molecule has 0 saturated carbocycles. The molecule has 0 aromatic rings. The van der Waals surface area contributed by atoms with E-state index < -0.39 is 15.7 Å². The lowest BCUT2D eigenvalue weighted by Crippen LogP contribution is -2.41. The van der Waals surface area contributed by atoms with E-state index in [0.29, 0.717) is 11.0 Å². The molecule has 0 spiro atoms. The number of halogens is 1. The van der Waals surface area contributed by atoms with E-state index in [4.69, 9.17) is 25.0 Å². The summed E-state index contributed by atoms with van der Waals surface area (Å²) >= 11 is 6.15. The minimum absolute atomic E-state index is 0. The minimum atomic E-state index is -1.79. The molecule has 4 nitrogen and oxygen atoms in total. The van der Waals surface area contributed by atoms with Gasteiger partial charge < -0.3 is 13.9 Å². The van der Waals surface area contributed by atoms with E-state index in [-0.39, 0.29) is 29.6 Å². The number of esters is 1. The first kappa shape index (κ1) is 38.8. The van der Waals surface area contributed by atoms with Crippen molar-refractivity contribution in [3.8, 4) is 0 Å². The van der Waals surface area contributed by atoms with Crippen molar-refractivity contribution in [2.75, 3.05) is 0 Å². The van der Waals surface area contributed by atoms with Crippen LogP contribution in [0, 0.1) is 0 Å². The number of ether oxygens (including phenoxy) is 2. The van der Waals surface area contributed by atoms with Crippen molar-refractivity contribution in [1.82, 2.24) is 0 Å². The highest BCUT2D eigenvalue weighted by Crippen LogP contribution is 2.39. The summed E-state index contributed by atoms with van der Waals surface area (Å²) in [5.41, 5.74) is -0.564. The number of hydrogen-bond donors (Lipinski definition) is 0. The molecule has 0 rings (SSSR count). The first-order valence-electron chi connectivity index (χ1n) is 11.0. The minimum Gasteiger partial charge on any atom is -0.519 e. The Labute approximate surface area is 208 Å². The second-order valence-electron chi connectivity index (χ2n) is 12.9. The molecule has 0 N–H and O–H groups in total. The maximum absolute atomic E-state index is 10.2. The van der Waals surface area contributed by atoms with Crippen LogP contribution in [0.25, 0.3) is 0 Å². The van der Waals surface area contributed by atoms with Crippen molar-refractivity contribution in [1.29, 1.82) is 0 Å². The fraction of sp³-hybridized carbons (Fsp3) is 0.880. The summed E-state index contributed by atoms with van der Waals surface area (Å²) in [7, 11) is -3.18. The Balaban J connectivity index is -0.000000197. The Morgan fingerprint density at radius 3 is 1.12 bits per heavy atom. The highest BCUT2D eigenvalue weighted by Gasteiger charge is 2.40. The number of carbonyl (C=O) groups is 1. The van der Waals surface area contributed by atoms with Gasteiger partial charge in [-0.25, -0.2) is 0 Å². The van der Waals surface area contributed by atoms with Gasteiger partial charge in [-0.3, -0.25) is 4.79 Å². The molecular formula is C25H57ClO4Si2. The van der Waals surface area contributed by atoms with Crippen LogP contribution < -0.4 is 0 Å². The quantitative estimate of drug-likeness (QED) is 0.163. The molecule has 0 aliphatic carbocycles. The Morgan fingerprint density at radius 1 is 0.719 bits per heavy atom. The van der Waals surface area contributed by atoms with Gasteiger partial charge in [-0.15, -0.1) is 0 Å². The normalized spacial score (nSPS) is 12.7. The zero-order chi connectivity index (χ0) is 26.3. The van der Waals surface area contributed by atoms with Crippen molar-refractivity contribution < 1.29 is 18.7 Å². The molecule has 0 radical (unpaired) electrons. The van der Waals surface area contributed by atoms with E-state index in [1.807, 2.05) is 41.5 Å². The summed E-state index contributed by atoms with van der Waals surface area (Å²) < 4.78 is 16.3. The van der Waals surface area contributed by atoms with Crippen LogP contribution in [0.4, 0.5) is 0 Å². The lowest BCUT2D eigenvalue weighted by atomic mass is 10.2. The molecule has 0 aliphatic rings. The van der Waals surface area contributed by atoms with Gasteiger partial charge in [0, 0.05) is 6.92 Å². The van der Waals surface area contributed by atoms with Crippen LogP contribution in [-0.2, 0) is 18.7 Å². The van der Waals surface area contributed by atoms with Gasteiger partial charge in [0.15, 0.2) is 7.38 Å². The Bertz CT molecular complexity index is 541. The molecule has 7 heteroatoms. The Kier molecular flexibility index (Phi) is 16.3. The third-order valence-electron chi connectivity index (χ3n) is 4.83. The molecule has 0 heterocycles. The van der Waals surface area contributed by atoms with Crippen LogP contribution in [0.3, 0.4) is 0 Å². The van der Waals surface area contributed by atoms with E-state index in [0.717, 1.165) is 0 Å². The molecule has 0 unspecified atom stereocenters. The van der Waals surface area contributed by atoms with Gasteiger partial charge in [0.05, 0.1) is 0 Å². The fourth-order valence-corrected chi connectivity index (χ4v) is 2.15. The van der Waals surface area contributed by atoms with E-state index in [1.165, 1.54) is 6.92 Å². The van der Waals surface area contributed by atoms with Crippen molar-refractivity contribution >= 4 is 32.7 Å². The van der Waals surface area contributed by atoms with Gasteiger partial charge in [-0.1, -0.05) is 62.1 Å². The third kappa shape index (κ3) is 22.7. The SMILES string of the molecule is C.C=C(OC(C)(C)C)O[Si](C)(C)C(C)(C)C.CC(=O)OC(C)(C)C.CC(C)(C)[Si](C)(C)Cl. The number of hydrogen-bond acceptors (Lipinski definition) is 4. The van der Waals surface area contributed by atoms with Gasteiger partial charge in [-0.2, -0.15) is 11.1 Å². The van der Waals surface area contributed by atoms with Crippen LogP contribution >= 0.6 is 11.1 Å². The molecule has 0 aliphatic heterocycles. The molecule has 0 saturated heterocycles. The van der Waals surface area contributed by atoms with Crippen LogP contribution in [0.5, 0.6) is 0 Å². The molecular weight excluding hydrogens is 456 g/mol. The highest BCUT2D eigenvalue weighted by molar-refractivity contribution is 7.20. The maximum Gasteiger partial charge on any atom is 0.303 e. The maximum atomic E-state index is 10.2. The van der Waals surface area contributed by atoms with Crippen molar-refractivity contribution in [3.05, 3.63) is 12.5 Å². The number of carbonyl (C=O) groups excluding carboxylic acids is 1. The first-order valence-corrected chi connectivity index (χ1v) is 17.9. The monoisotopic (exact) mass is 512 g/mol. The predicted molar refractivity (Wildman–Crippen MR) is 150 cm³/mol. The van der Waals surface area contributed by atoms with E-state index in [9.17, 15) is 4.79 Å². The summed E-state index contributed by atoms with van der Waals surface area (Å²) in [6, 6.07) is 0. The summed E-state index contributed by atoms with van der Waals surface area (Å²) in [5, 5.41) is 0.520. The van der Waals surface area contributed by atoms with Crippen molar-refractivity contribution in [2.45, 2.75) is 145 Å². The summed E-state index contributed by atoms with van der Waals surface area (Å²) in [5.74, 6) is 0.228. The van der Waals surface area contributed by atoms with Gasteiger partial charge in [-0.05, 0) is 71.3 Å². The second kappa shape index (κ2) is 13.4. The lowest BCUT2D eigenvalue weighted by Gasteiger charge is -2.37. The van der Waals surface area contributed by atoms with Gasteiger partial charge in [0.1, 0.15) is 11.2 Å². The first-order chi connectivity index (χ1) is 13.0. The largest absolute Gasteiger partial charge is 0.519 e. The van der Waals surface area contributed by atoms with Crippen LogP contribution in [-0.4, -0.2) is 32.9 Å². The number of rotatable bonds is 3. The Morgan fingerprint density at radius 2 is 1.00 bits per heavy atom. The molecule has 0 aromatic heterocycles. The second-order valence-corrected chi connectivity index (χ2v) is 24.9. The molecule has 32 heavy (non-hydrogen) atoms. The van der Waals surface area contributed by atoms with Crippen molar-refractivity contribution in [2.24, 2.45) is 0 Å². The van der Waals surface area contributed by atoms with Crippen LogP contribution in [0.15, 0.2) is 12.5 Å². The summed E-state index contributed by atoms with van der Waals surface area (Å²) in [6.45, 7) is 38.7. The topological polar surface area (TPSA) is 44.8 Å². The average Bonchev–Trinajstić information content (AvgIpc) is 2.28. The standard InChI is InChI=1S/C12H26O2Si.C6H15ClSi.C6H12O2.CH4/c1-10(13-11(2,3)4)14-15(8,9)12(5,6)7;1-6(2,3)8(4,5)7;1-5(7)8-6(2,3)4;/h1H2,2-9H3;1-5H3;1-4H3;1H4. The Hall–Kier alpha value is -0.466. The van der Waals surface area contributed by atoms with Crippen LogP contribution in [0.1, 0.15) is 97.4 Å². The molecule has 196 valence electrons. The van der Waals surface area contributed by atoms with Gasteiger partial charge in [0.25, 0.3) is 14.3 Å². The van der Waals surface area contributed by atoms with Gasteiger partial charge in [0.2, 0.25) is 0 Å². The van der Waals surface area contributed by atoms with Gasteiger partial charge >= 0.3 is 5.97 Å². The van der Waals surface area contributed by atoms with Crippen LogP contribution in [0.2, 0.25) is 36.3 Å². The average molecular weight is 513 g/mol. The smallest absolute Gasteiger partial charge is 0.303 e. The molecule has 0 fully saturated rings. The zero-order valence-electron chi connectivity index (χ0n) is 23.7. The van der Waals surface area contributed by atoms with Crippen molar-refractivity contribution in [3.63, 3.8) is 0 Å². The molecule has 0 bridgehead atoms. The van der Waals surface area contributed by atoms with E-state index >= 15 is 0 Å².